The quantitative estimate of drug-likeness (QED) is 0.322. The summed E-state index contributed by atoms with van der Waals surface area (Å²) in [5.41, 5.74) is 1.04. The molecule has 1 aliphatic heterocycles. The van der Waals surface area contributed by atoms with E-state index >= 15 is 4.39 Å². The number of amidine groups is 2. The number of benzene rings is 2. The number of piperazine rings is 1. The Balaban J connectivity index is 2.00. The van der Waals surface area contributed by atoms with Crippen LogP contribution in [0.4, 0.5) is 15.8 Å². The molecule has 8 nitrogen and oxygen atoms in total. The van der Waals surface area contributed by atoms with Crippen LogP contribution < -0.4 is 9.80 Å². The molecular formula is C23H28FN5O3. The van der Waals surface area contributed by atoms with E-state index in [0.717, 1.165) is 24.1 Å². The molecule has 3 rings (SSSR count). The highest BCUT2D eigenvalue weighted by Crippen LogP contribution is 2.34. The molecule has 0 spiro atoms. The van der Waals surface area contributed by atoms with E-state index in [4.69, 9.17) is 10.8 Å². The van der Waals surface area contributed by atoms with Crippen LogP contribution in [0.2, 0.25) is 0 Å². The van der Waals surface area contributed by atoms with Crippen molar-refractivity contribution in [3.8, 4) is 11.5 Å². The number of aldehydes is 1. The zero-order valence-corrected chi connectivity index (χ0v) is 18.4. The van der Waals surface area contributed by atoms with Crippen molar-refractivity contribution in [3.05, 3.63) is 47.3 Å². The Kier molecular flexibility index (Phi) is 6.78. The summed E-state index contributed by atoms with van der Waals surface area (Å²) in [5, 5.41) is 37.1. The maximum absolute atomic E-state index is 15.0. The standard InChI is InChI=1S/C23H28FN5O3/c1-14(2)16-11-17(21(32)12-20(16)31)23(26)29(22(25)13-30)15-4-5-19(18(24)10-15)28-8-6-27(3)7-9-28/h4-5,10-14,25-26,31-32H,6-9H2,1-3H3. The van der Waals surface area contributed by atoms with Gasteiger partial charge in [-0.25, -0.2) is 4.39 Å². The van der Waals surface area contributed by atoms with Gasteiger partial charge in [-0.05, 0) is 36.7 Å². The lowest BCUT2D eigenvalue weighted by Gasteiger charge is -2.34. The van der Waals surface area contributed by atoms with Gasteiger partial charge >= 0.3 is 0 Å². The smallest absolute Gasteiger partial charge is 0.185 e. The molecule has 0 saturated carbocycles. The highest BCUT2D eigenvalue weighted by atomic mass is 19.1. The molecule has 0 amide bonds. The zero-order valence-electron chi connectivity index (χ0n) is 18.4. The van der Waals surface area contributed by atoms with Gasteiger partial charge in [0.05, 0.1) is 16.9 Å². The third-order valence-electron chi connectivity index (χ3n) is 5.63. The SMILES string of the molecule is CC(C)c1cc(C(=N)N(C(=N)C=O)c2ccc(N3CCN(C)CC3)c(F)c2)c(O)cc1O. The Labute approximate surface area is 186 Å². The molecule has 1 fully saturated rings. The molecule has 0 atom stereocenters. The van der Waals surface area contributed by atoms with E-state index in [-0.39, 0.29) is 40.8 Å². The molecule has 0 bridgehead atoms. The number of carbonyl (C=O) groups is 1. The number of aromatic hydroxyl groups is 2. The number of carbonyl (C=O) groups excluding carboxylic acids is 1. The molecule has 2 aromatic rings. The monoisotopic (exact) mass is 441 g/mol. The zero-order chi connectivity index (χ0) is 23.6. The summed E-state index contributed by atoms with van der Waals surface area (Å²) in [6.07, 6.45) is 0.252. The fraction of sp³-hybridized carbons (Fsp3) is 0.348. The molecular weight excluding hydrogens is 413 g/mol. The fourth-order valence-electron chi connectivity index (χ4n) is 3.75. The van der Waals surface area contributed by atoms with Crippen molar-refractivity contribution < 1.29 is 19.4 Å². The van der Waals surface area contributed by atoms with Crippen LogP contribution in [-0.2, 0) is 4.79 Å². The van der Waals surface area contributed by atoms with Crippen molar-refractivity contribution >= 4 is 29.3 Å². The summed E-state index contributed by atoms with van der Waals surface area (Å²) in [7, 11) is 2.01. The molecule has 1 saturated heterocycles. The van der Waals surface area contributed by atoms with E-state index in [9.17, 15) is 15.0 Å². The van der Waals surface area contributed by atoms with Crippen LogP contribution in [0, 0.1) is 16.6 Å². The maximum Gasteiger partial charge on any atom is 0.185 e. The minimum atomic E-state index is -0.583. The predicted molar refractivity (Wildman–Crippen MR) is 123 cm³/mol. The van der Waals surface area contributed by atoms with E-state index in [1.165, 1.54) is 12.1 Å². The minimum absolute atomic E-state index is 0.0154. The summed E-state index contributed by atoms with van der Waals surface area (Å²) >= 11 is 0. The first kappa shape index (κ1) is 23.2. The van der Waals surface area contributed by atoms with Crippen molar-refractivity contribution in [2.45, 2.75) is 19.8 Å². The van der Waals surface area contributed by atoms with Gasteiger partial charge in [0.25, 0.3) is 0 Å². The largest absolute Gasteiger partial charge is 0.508 e. The van der Waals surface area contributed by atoms with Crippen molar-refractivity contribution in [2.75, 3.05) is 43.0 Å². The van der Waals surface area contributed by atoms with Gasteiger partial charge in [-0.3, -0.25) is 20.5 Å². The summed E-state index contributed by atoms with van der Waals surface area (Å²) in [5.74, 6) is -2.08. The van der Waals surface area contributed by atoms with Gasteiger partial charge < -0.3 is 20.0 Å². The third-order valence-corrected chi connectivity index (χ3v) is 5.63. The van der Waals surface area contributed by atoms with E-state index in [1.807, 2.05) is 25.8 Å². The van der Waals surface area contributed by atoms with Gasteiger partial charge in [-0.15, -0.1) is 0 Å². The molecule has 1 heterocycles. The van der Waals surface area contributed by atoms with Crippen molar-refractivity contribution in [1.82, 2.24) is 4.90 Å². The number of nitrogens with one attached hydrogen (secondary N) is 2. The van der Waals surface area contributed by atoms with Gasteiger partial charge in [0, 0.05) is 38.3 Å². The van der Waals surface area contributed by atoms with Crippen LogP contribution in [0.25, 0.3) is 0 Å². The van der Waals surface area contributed by atoms with Crippen molar-refractivity contribution in [3.63, 3.8) is 0 Å². The number of halogens is 1. The number of hydrogen-bond acceptors (Lipinski definition) is 7. The number of anilines is 2. The van der Waals surface area contributed by atoms with Crippen molar-refractivity contribution in [2.24, 2.45) is 0 Å². The van der Waals surface area contributed by atoms with Gasteiger partial charge in [0.1, 0.15) is 23.2 Å². The van der Waals surface area contributed by atoms with Crippen LogP contribution in [0.5, 0.6) is 11.5 Å². The number of phenols is 2. The van der Waals surface area contributed by atoms with Gasteiger partial charge in [-0.2, -0.15) is 0 Å². The highest BCUT2D eigenvalue weighted by Gasteiger charge is 2.25. The van der Waals surface area contributed by atoms with E-state index in [0.29, 0.717) is 24.3 Å². The molecule has 170 valence electrons. The first-order valence-corrected chi connectivity index (χ1v) is 10.4. The Hall–Kier alpha value is -3.46. The van der Waals surface area contributed by atoms with E-state index in [1.54, 1.807) is 12.1 Å². The van der Waals surface area contributed by atoms with Crippen LogP contribution >= 0.6 is 0 Å². The van der Waals surface area contributed by atoms with Crippen LogP contribution in [0.1, 0.15) is 30.9 Å². The molecule has 32 heavy (non-hydrogen) atoms. The Morgan fingerprint density at radius 2 is 1.75 bits per heavy atom. The molecule has 0 unspecified atom stereocenters. The number of rotatable bonds is 5. The average molecular weight is 442 g/mol. The normalized spacial score (nSPS) is 14.5. The van der Waals surface area contributed by atoms with Crippen molar-refractivity contribution in [1.29, 1.82) is 10.8 Å². The summed E-state index contributed by atoms with van der Waals surface area (Å²) in [6.45, 7) is 6.66. The summed E-state index contributed by atoms with van der Waals surface area (Å²) in [4.78, 5) is 16.5. The first-order chi connectivity index (χ1) is 15.1. The molecule has 4 N–H and O–H groups in total. The second-order valence-corrected chi connectivity index (χ2v) is 8.20. The molecule has 9 heteroatoms. The van der Waals surface area contributed by atoms with Crippen LogP contribution in [0.15, 0.2) is 30.3 Å². The highest BCUT2D eigenvalue weighted by molar-refractivity contribution is 6.41. The van der Waals surface area contributed by atoms with E-state index < -0.39 is 11.7 Å². The van der Waals surface area contributed by atoms with E-state index in [2.05, 4.69) is 4.90 Å². The van der Waals surface area contributed by atoms with Crippen LogP contribution in [0.3, 0.4) is 0 Å². The maximum atomic E-state index is 15.0. The molecule has 0 radical (unpaired) electrons. The lowest BCUT2D eigenvalue weighted by atomic mass is 9.98. The molecule has 1 aliphatic rings. The Morgan fingerprint density at radius 3 is 2.31 bits per heavy atom. The van der Waals surface area contributed by atoms with Crippen LogP contribution in [-0.4, -0.2) is 66.3 Å². The lowest BCUT2D eigenvalue weighted by Crippen LogP contribution is -2.44. The molecule has 2 aromatic carbocycles. The van der Waals surface area contributed by atoms with Gasteiger partial charge in [0.15, 0.2) is 12.1 Å². The summed E-state index contributed by atoms with van der Waals surface area (Å²) in [6, 6.07) is 6.87. The minimum Gasteiger partial charge on any atom is -0.508 e. The second-order valence-electron chi connectivity index (χ2n) is 8.20. The van der Waals surface area contributed by atoms with Gasteiger partial charge in [0.2, 0.25) is 0 Å². The fourth-order valence-corrected chi connectivity index (χ4v) is 3.75. The number of nitrogens with zero attached hydrogens (tertiary/aromatic N) is 3. The number of likely N-dealkylation sites (N-methyl/N-ethyl adjacent to an activating group) is 1. The average Bonchev–Trinajstić information content (AvgIpc) is 2.74. The predicted octanol–water partition coefficient (Wildman–Crippen LogP) is 3.12. The lowest BCUT2D eigenvalue weighted by molar-refractivity contribution is -0.102. The number of hydrogen-bond donors (Lipinski definition) is 4. The third kappa shape index (κ3) is 4.57. The first-order valence-electron chi connectivity index (χ1n) is 10.4. The second kappa shape index (κ2) is 9.35. The Bertz CT molecular complexity index is 1050. The van der Waals surface area contributed by atoms with Gasteiger partial charge in [-0.1, -0.05) is 13.8 Å². The summed E-state index contributed by atoms with van der Waals surface area (Å²) < 4.78 is 15.0. The topological polar surface area (TPSA) is 115 Å². The number of phenolic OH excluding ortho intramolecular Hbond substituents is 2. The molecule has 0 aromatic heterocycles. The Morgan fingerprint density at radius 1 is 1.09 bits per heavy atom. The molecule has 0 aliphatic carbocycles.